The van der Waals surface area contributed by atoms with Gasteiger partial charge in [0.15, 0.2) is 0 Å². The van der Waals surface area contributed by atoms with Gasteiger partial charge in [0.05, 0.1) is 5.75 Å². The fraction of sp³-hybridized carbons (Fsp3) is 0.462. The lowest BCUT2D eigenvalue weighted by Gasteiger charge is -2.11. The molecule has 3 N–H and O–H groups in total. The zero-order valence-corrected chi connectivity index (χ0v) is 12.5. The molecule has 1 aromatic rings. The van der Waals surface area contributed by atoms with Crippen LogP contribution in [-0.4, -0.2) is 33.6 Å². The SMILES string of the molecule is CC(C)NC(=O)NCCNS(=O)(=O)Cc1ccccc1. The fourth-order valence-corrected chi connectivity index (χ4v) is 2.69. The summed E-state index contributed by atoms with van der Waals surface area (Å²) in [6.45, 7) is 4.11. The van der Waals surface area contributed by atoms with Crippen molar-refractivity contribution in [1.82, 2.24) is 15.4 Å². The van der Waals surface area contributed by atoms with Gasteiger partial charge in [-0.3, -0.25) is 0 Å². The largest absolute Gasteiger partial charge is 0.337 e. The summed E-state index contributed by atoms with van der Waals surface area (Å²) in [6.07, 6.45) is 0. The molecule has 0 unspecified atom stereocenters. The van der Waals surface area contributed by atoms with Crippen molar-refractivity contribution in [1.29, 1.82) is 0 Å². The van der Waals surface area contributed by atoms with Gasteiger partial charge in [0, 0.05) is 19.1 Å². The van der Waals surface area contributed by atoms with Gasteiger partial charge in [0.25, 0.3) is 0 Å². The zero-order valence-electron chi connectivity index (χ0n) is 11.7. The summed E-state index contributed by atoms with van der Waals surface area (Å²) in [5.41, 5.74) is 0.727. The van der Waals surface area contributed by atoms with Gasteiger partial charge in [-0.25, -0.2) is 17.9 Å². The van der Waals surface area contributed by atoms with Crippen molar-refractivity contribution in [2.45, 2.75) is 25.6 Å². The van der Waals surface area contributed by atoms with E-state index < -0.39 is 10.0 Å². The highest BCUT2D eigenvalue weighted by atomic mass is 32.2. The summed E-state index contributed by atoms with van der Waals surface area (Å²) in [4.78, 5) is 11.3. The quantitative estimate of drug-likeness (QED) is 0.651. The van der Waals surface area contributed by atoms with Crippen LogP contribution in [0.15, 0.2) is 30.3 Å². The molecule has 0 aliphatic heterocycles. The molecule has 0 heterocycles. The third-order valence-corrected chi connectivity index (χ3v) is 3.71. The second kappa shape index (κ2) is 7.86. The number of nitrogens with one attached hydrogen (secondary N) is 3. The Labute approximate surface area is 120 Å². The molecule has 0 aromatic heterocycles. The predicted octanol–water partition coefficient (Wildman–Crippen LogP) is 0.814. The van der Waals surface area contributed by atoms with Gasteiger partial charge in [-0.2, -0.15) is 0 Å². The molecule has 7 heteroatoms. The molecule has 0 saturated heterocycles. The number of urea groups is 1. The summed E-state index contributed by atoms with van der Waals surface area (Å²) in [6, 6.07) is 8.68. The van der Waals surface area contributed by atoms with Gasteiger partial charge in [0.2, 0.25) is 10.0 Å². The number of sulfonamides is 1. The fourth-order valence-electron chi connectivity index (χ4n) is 1.54. The first-order valence-electron chi connectivity index (χ1n) is 6.44. The molecule has 0 atom stereocenters. The first-order chi connectivity index (χ1) is 9.39. The lowest BCUT2D eigenvalue weighted by Crippen LogP contribution is -2.42. The standard InChI is InChI=1S/C13H21N3O3S/c1-11(2)16-13(17)14-8-9-15-20(18,19)10-12-6-4-3-5-7-12/h3-7,11,15H,8-10H2,1-2H3,(H2,14,16,17). The van der Waals surface area contributed by atoms with Crippen LogP contribution in [0.3, 0.4) is 0 Å². The van der Waals surface area contributed by atoms with Crippen molar-refractivity contribution in [3.8, 4) is 0 Å². The maximum Gasteiger partial charge on any atom is 0.315 e. The molecule has 0 radical (unpaired) electrons. The van der Waals surface area contributed by atoms with Gasteiger partial charge in [-0.05, 0) is 19.4 Å². The van der Waals surface area contributed by atoms with Gasteiger partial charge >= 0.3 is 6.03 Å². The molecule has 0 fully saturated rings. The average Bonchev–Trinajstić information content (AvgIpc) is 2.34. The van der Waals surface area contributed by atoms with Gasteiger partial charge in [0.1, 0.15) is 0 Å². The molecule has 0 spiro atoms. The summed E-state index contributed by atoms with van der Waals surface area (Å²) in [5.74, 6) is -0.0635. The third kappa shape index (κ3) is 7.10. The Hall–Kier alpha value is -1.60. The minimum absolute atomic E-state index is 0.0461. The Kier molecular flexibility index (Phi) is 6.47. The Morgan fingerprint density at radius 2 is 1.80 bits per heavy atom. The van der Waals surface area contributed by atoms with Crippen LogP contribution in [0.1, 0.15) is 19.4 Å². The van der Waals surface area contributed by atoms with E-state index in [0.29, 0.717) is 0 Å². The third-order valence-electron chi connectivity index (χ3n) is 2.35. The number of carbonyl (C=O) groups excluding carboxylic acids is 1. The monoisotopic (exact) mass is 299 g/mol. The molecule has 0 aliphatic carbocycles. The Bertz CT molecular complexity index is 515. The molecule has 0 aliphatic rings. The summed E-state index contributed by atoms with van der Waals surface area (Å²) >= 11 is 0. The first-order valence-corrected chi connectivity index (χ1v) is 8.10. The lowest BCUT2D eigenvalue weighted by atomic mass is 10.2. The van der Waals surface area contributed by atoms with Crippen LogP contribution in [0.2, 0.25) is 0 Å². The van der Waals surface area contributed by atoms with Crippen LogP contribution in [0.25, 0.3) is 0 Å². The Morgan fingerprint density at radius 1 is 1.15 bits per heavy atom. The van der Waals surface area contributed by atoms with Crippen LogP contribution in [0, 0.1) is 0 Å². The van der Waals surface area contributed by atoms with E-state index >= 15 is 0 Å². The van der Waals surface area contributed by atoms with Crippen LogP contribution < -0.4 is 15.4 Å². The van der Waals surface area contributed by atoms with E-state index in [4.69, 9.17) is 0 Å². The van der Waals surface area contributed by atoms with Crippen LogP contribution in [0.4, 0.5) is 4.79 Å². The van der Waals surface area contributed by atoms with Crippen molar-refractivity contribution >= 4 is 16.1 Å². The zero-order chi connectivity index (χ0) is 15.0. The minimum atomic E-state index is -3.38. The molecule has 1 rings (SSSR count). The van der Waals surface area contributed by atoms with Gasteiger partial charge in [-0.1, -0.05) is 30.3 Å². The average molecular weight is 299 g/mol. The minimum Gasteiger partial charge on any atom is -0.337 e. The van der Waals surface area contributed by atoms with Crippen molar-refractivity contribution in [2.24, 2.45) is 0 Å². The molecular weight excluding hydrogens is 278 g/mol. The number of benzene rings is 1. The molecular formula is C13H21N3O3S. The van der Waals surface area contributed by atoms with E-state index in [-0.39, 0.29) is 30.9 Å². The molecule has 2 amide bonds. The van der Waals surface area contributed by atoms with Gasteiger partial charge < -0.3 is 10.6 Å². The maximum atomic E-state index is 11.8. The van der Waals surface area contributed by atoms with E-state index in [9.17, 15) is 13.2 Å². The smallest absolute Gasteiger partial charge is 0.315 e. The maximum absolute atomic E-state index is 11.8. The van der Waals surface area contributed by atoms with Crippen molar-refractivity contribution in [2.75, 3.05) is 13.1 Å². The number of rotatable bonds is 7. The predicted molar refractivity (Wildman–Crippen MR) is 78.7 cm³/mol. The molecule has 6 nitrogen and oxygen atoms in total. The number of carbonyl (C=O) groups is 1. The van der Waals surface area contributed by atoms with E-state index in [2.05, 4.69) is 15.4 Å². The summed E-state index contributed by atoms with van der Waals surface area (Å²) < 4.78 is 26.0. The van der Waals surface area contributed by atoms with E-state index in [0.717, 1.165) is 5.56 Å². The molecule has 0 bridgehead atoms. The van der Waals surface area contributed by atoms with Crippen LogP contribution in [0.5, 0.6) is 0 Å². The highest BCUT2D eigenvalue weighted by Crippen LogP contribution is 2.03. The second-order valence-electron chi connectivity index (χ2n) is 4.69. The topological polar surface area (TPSA) is 87.3 Å². The summed E-state index contributed by atoms with van der Waals surface area (Å²) in [7, 11) is -3.38. The van der Waals surface area contributed by atoms with Crippen molar-refractivity contribution < 1.29 is 13.2 Å². The number of hydrogen-bond donors (Lipinski definition) is 3. The molecule has 1 aromatic carbocycles. The lowest BCUT2D eigenvalue weighted by molar-refractivity contribution is 0.238. The number of amides is 2. The van der Waals surface area contributed by atoms with E-state index in [1.165, 1.54) is 0 Å². The second-order valence-corrected chi connectivity index (χ2v) is 6.50. The van der Waals surface area contributed by atoms with E-state index in [1.807, 2.05) is 19.9 Å². The highest BCUT2D eigenvalue weighted by molar-refractivity contribution is 7.88. The highest BCUT2D eigenvalue weighted by Gasteiger charge is 2.10. The van der Waals surface area contributed by atoms with E-state index in [1.54, 1.807) is 24.3 Å². The molecule has 112 valence electrons. The Morgan fingerprint density at radius 3 is 2.40 bits per heavy atom. The van der Waals surface area contributed by atoms with Crippen LogP contribution >= 0.6 is 0 Å². The van der Waals surface area contributed by atoms with Gasteiger partial charge in [-0.15, -0.1) is 0 Å². The summed E-state index contributed by atoms with van der Waals surface area (Å²) in [5, 5.41) is 5.23. The normalized spacial score (nSPS) is 11.3. The Balaban J connectivity index is 2.29. The first kappa shape index (κ1) is 16.5. The molecule has 20 heavy (non-hydrogen) atoms. The van der Waals surface area contributed by atoms with Crippen LogP contribution in [-0.2, 0) is 15.8 Å². The molecule has 0 saturated carbocycles. The van der Waals surface area contributed by atoms with Crippen molar-refractivity contribution in [3.63, 3.8) is 0 Å². The number of hydrogen-bond acceptors (Lipinski definition) is 3. The van der Waals surface area contributed by atoms with Crippen molar-refractivity contribution in [3.05, 3.63) is 35.9 Å².